The quantitative estimate of drug-likeness (QED) is 0.857. The Morgan fingerprint density at radius 2 is 1.83 bits per heavy atom. The Morgan fingerprint density at radius 1 is 1.13 bits per heavy atom. The number of piperazine rings is 1. The molecule has 0 N–H and O–H groups in total. The highest BCUT2D eigenvalue weighted by atomic mass is 16.2. The monoisotopic (exact) mass is 316 g/mol. The number of aromatic nitrogens is 1. The molecule has 3 rings (SSSR count). The van der Waals surface area contributed by atoms with E-state index in [-0.39, 0.29) is 5.91 Å². The maximum Gasteiger partial charge on any atom is 0.272 e. The number of pyridine rings is 1. The summed E-state index contributed by atoms with van der Waals surface area (Å²) in [7, 11) is 4.08. The number of nitrogens with zero attached hydrogens (tertiary/aromatic N) is 4. The van der Waals surface area contributed by atoms with Gasteiger partial charge in [-0.1, -0.05) is 25.3 Å². The van der Waals surface area contributed by atoms with Crippen molar-refractivity contribution in [3.63, 3.8) is 0 Å². The van der Waals surface area contributed by atoms with Crippen molar-refractivity contribution >= 4 is 11.7 Å². The van der Waals surface area contributed by atoms with Gasteiger partial charge in [-0.15, -0.1) is 0 Å². The molecule has 0 spiro atoms. The molecule has 1 aliphatic heterocycles. The van der Waals surface area contributed by atoms with Crippen LogP contribution in [0.25, 0.3) is 0 Å². The molecule has 1 aliphatic carbocycles. The molecule has 126 valence electrons. The number of hydrogen-bond acceptors (Lipinski definition) is 4. The number of likely N-dealkylation sites (N-methyl/N-ethyl adjacent to an activating group) is 1. The molecule has 1 saturated carbocycles. The van der Waals surface area contributed by atoms with Crippen LogP contribution in [0.2, 0.25) is 0 Å². The van der Waals surface area contributed by atoms with Crippen LogP contribution in [0.15, 0.2) is 18.2 Å². The zero-order valence-electron chi connectivity index (χ0n) is 14.4. The molecule has 0 atom stereocenters. The van der Waals surface area contributed by atoms with Crippen LogP contribution in [0.3, 0.4) is 0 Å². The molecular weight excluding hydrogens is 288 g/mol. The minimum atomic E-state index is 0.0628. The van der Waals surface area contributed by atoms with E-state index in [0.29, 0.717) is 11.7 Å². The van der Waals surface area contributed by atoms with Crippen LogP contribution in [0.4, 0.5) is 5.82 Å². The average molecular weight is 316 g/mol. The van der Waals surface area contributed by atoms with E-state index < -0.39 is 0 Å². The Bertz CT molecular complexity index is 534. The standard InChI is InChI=1S/C18H28N4O/c1-20-11-13-22(14-12-20)17-10-6-9-16(19-17)18(23)21(2)15-7-4-3-5-8-15/h6,9-10,15H,3-5,7-8,11-14H2,1-2H3. The Balaban J connectivity index is 1.69. The van der Waals surface area contributed by atoms with E-state index in [1.165, 1.54) is 19.3 Å². The van der Waals surface area contributed by atoms with Gasteiger partial charge in [0, 0.05) is 39.3 Å². The number of amides is 1. The lowest BCUT2D eigenvalue weighted by Crippen LogP contribution is -2.45. The van der Waals surface area contributed by atoms with Gasteiger partial charge < -0.3 is 14.7 Å². The molecule has 0 aromatic carbocycles. The maximum absolute atomic E-state index is 12.8. The Morgan fingerprint density at radius 3 is 2.52 bits per heavy atom. The van der Waals surface area contributed by atoms with Crippen molar-refractivity contribution in [3.05, 3.63) is 23.9 Å². The molecule has 0 unspecified atom stereocenters. The highest BCUT2D eigenvalue weighted by Crippen LogP contribution is 2.23. The van der Waals surface area contributed by atoms with Crippen molar-refractivity contribution in [1.29, 1.82) is 0 Å². The molecule has 0 bridgehead atoms. The first kappa shape index (κ1) is 16.2. The summed E-state index contributed by atoms with van der Waals surface area (Å²) in [5.74, 6) is 0.994. The second kappa shape index (κ2) is 7.30. The summed E-state index contributed by atoms with van der Waals surface area (Å²) in [5.41, 5.74) is 0.578. The third-order valence-corrected chi connectivity index (χ3v) is 5.22. The smallest absolute Gasteiger partial charge is 0.272 e. The Kier molecular flexibility index (Phi) is 5.16. The van der Waals surface area contributed by atoms with E-state index in [2.05, 4.69) is 21.8 Å². The van der Waals surface area contributed by atoms with Gasteiger partial charge in [-0.3, -0.25) is 4.79 Å². The van der Waals surface area contributed by atoms with Gasteiger partial charge in [-0.25, -0.2) is 4.98 Å². The largest absolute Gasteiger partial charge is 0.354 e. The fraction of sp³-hybridized carbons (Fsp3) is 0.667. The second-order valence-electron chi connectivity index (χ2n) is 6.88. The Labute approximate surface area is 139 Å². The fourth-order valence-corrected chi connectivity index (χ4v) is 3.57. The van der Waals surface area contributed by atoms with Gasteiger partial charge in [-0.2, -0.15) is 0 Å². The van der Waals surface area contributed by atoms with Crippen LogP contribution in [-0.2, 0) is 0 Å². The van der Waals surface area contributed by atoms with Gasteiger partial charge in [0.1, 0.15) is 11.5 Å². The minimum Gasteiger partial charge on any atom is -0.354 e. The van der Waals surface area contributed by atoms with Gasteiger partial charge in [0.15, 0.2) is 0 Å². The normalized spacial score (nSPS) is 20.5. The van der Waals surface area contributed by atoms with Crippen molar-refractivity contribution in [2.75, 3.05) is 45.2 Å². The zero-order valence-corrected chi connectivity index (χ0v) is 14.4. The van der Waals surface area contributed by atoms with Crippen LogP contribution in [0, 0.1) is 0 Å². The topological polar surface area (TPSA) is 39.7 Å². The summed E-state index contributed by atoms with van der Waals surface area (Å²) in [6.07, 6.45) is 6.02. The summed E-state index contributed by atoms with van der Waals surface area (Å²) in [6, 6.07) is 6.21. The summed E-state index contributed by atoms with van der Waals surface area (Å²) in [5, 5.41) is 0. The van der Waals surface area contributed by atoms with E-state index in [9.17, 15) is 4.79 Å². The predicted octanol–water partition coefficient (Wildman–Crippen LogP) is 2.24. The molecule has 5 nitrogen and oxygen atoms in total. The molecule has 2 aliphatic rings. The number of carbonyl (C=O) groups excluding carboxylic acids is 1. The maximum atomic E-state index is 12.8. The molecule has 0 radical (unpaired) electrons. The SMILES string of the molecule is CN1CCN(c2cccc(C(=O)N(C)C3CCCCC3)n2)CC1. The van der Waals surface area contributed by atoms with Crippen molar-refractivity contribution in [1.82, 2.24) is 14.8 Å². The summed E-state index contributed by atoms with van der Waals surface area (Å²) < 4.78 is 0. The molecule has 23 heavy (non-hydrogen) atoms. The highest BCUT2D eigenvalue weighted by molar-refractivity contribution is 5.92. The summed E-state index contributed by atoms with van der Waals surface area (Å²) in [4.78, 5) is 23.9. The third-order valence-electron chi connectivity index (χ3n) is 5.22. The van der Waals surface area contributed by atoms with E-state index in [4.69, 9.17) is 0 Å². The van der Waals surface area contributed by atoms with E-state index >= 15 is 0 Å². The summed E-state index contributed by atoms with van der Waals surface area (Å²) in [6.45, 7) is 4.03. The lowest BCUT2D eigenvalue weighted by molar-refractivity contribution is 0.0690. The Hall–Kier alpha value is -1.62. The molecule has 2 heterocycles. The van der Waals surface area contributed by atoms with Crippen LogP contribution < -0.4 is 4.90 Å². The predicted molar refractivity (Wildman–Crippen MR) is 92.9 cm³/mol. The highest BCUT2D eigenvalue weighted by Gasteiger charge is 2.24. The van der Waals surface area contributed by atoms with Crippen molar-refractivity contribution in [3.8, 4) is 0 Å². The number of hydrogen-bond donors (Lipinski definition) is 0. The molecule has 1 saturated heterocycles. The van der Waals surface area contributed by atoms with Gasteiger partial charge in [-0.05, 0) is 32.0 Å². The van der Waals surface area contributed by atoms with Crippen molar-refractivity contribution < 1.29 is 4.79 Å². The molecule has 5 heteroatoms. The van der Waals surface area contributed by atoms with Gasteiger partial charge in [0.25, 0.3) is 5.91 Å². The van der Waals surface area contributed by atoms with Crippen molar-refractivity contribution in [2.45, 2.75) is 38.1 Å². The van der Waals surface area contributed by atoms with Crippen LogP contribution in [0.5, 0.6) is 0 Å². The van der Waals surface area contributed by atoms with Gasteiger partial charge in [0.2, 0.25) is 0 Å². The van der Waals surface area contributed by atoms with E-state index in [1.54, 1.807) is 0 Å². The lowest BCUT2D eigenvalue weighted by Gasteiger charge is -2.34. The number of rotatable bonds is 3. The first-order valence-electron chi connectivity index (χ1n) is 8.83. The first-order chi connectivity index (χ1) is 11.1. The van der Waals surface area contributed by atoms with Crippen LogP contribution in [0.1, 0.15) is 42.6 Å². The lowest BCUT2D eigenvalue weighted by atomic mass is 9.94. The van der Waals surface area contributed by atoms with Crippen molar-refractivity contribution in [2.24, 2.45) is 0 Å². The van der Waals surface area contributed by atoms with Gasteiger partial charge >= 0.3 is 0 Å². The molecule has 1 aromatic rings. The van der Waals surface area contributed by atoms with Crippen LogP contribution in [-0.4, -0.2) is 67.0 Å². The molecule has 1 amide bonds. The fourth-order valence-electron chi connectivity index (χ4n) is 3.57. The average Bonchev–Trinajstić information content (AvgIpc) is 2.62. The number of carbonyl (C=O) groups is 1. The molecular formula is C18H28N4O. The minimum absolute atomic E-state index is 0.0628. The zero-order chi connectivity index (χ0) is 16.2. The third kappa shape index (κ3) is 3.83. The molecule has 1 aromatic heterocycles. The summed E-state index contributed by atoms with van der Waals surface area (Å²) >= 11 is 0. The molecule has 2 fully saturated rings. The van der Waals surface area contributed by atoms with Crippen LogP contribution >= 0.6 is 0 Å². The van der Waals surface area contributed by atoms with E-state index in [0.717, 1.165) is 44.8 Å². The van der Waals surface area contributed by atoms with E-state index in [1.807, 2.05) is 30.1 Å². The number of anilines is 1. The first-order valence-corrected chi connectivity index (χ1v) is 8.83. The second-order valence-corrected chi connectivity index (χ2v) is 6.88. The van der Waals surface area contributed by atoms with Gasteiger partial charge in [0.05, 0.1) is 0 Å².